The van der Waals surface area contributed by atoms with Gasteiger partial charge >= 0.3 is 0 Å². The van der Waals surface area contributed by atoms with E-state index in [1.165, 1.54) is 37.7 Å². The molecule has 156 valence electrons. The van der Waals surface area contributed by atoms with Gasteiger partial charge in [-0.15, -0.1) is 0 Å². The van der Waals surface area contributed by atoms with E-state index in [9.17, 15) is 0 Å². The van der Waals surface area contributed by atoms with Crippen LogP contribution in [0.15, 0.2) is 35.3 Å². The quantitative estimate of drug-likeness (QED) is 0.530. The molecular formula is C23H38N4O. The van der Waals surface area contributed by atoms with Gasteiger partial charge in [-0.1, -0.05) is 43.2 Å². The smallest absolute Gasteiger partial charge is 0.193 e. The normalized spacial score (nSPS) is 23.2. The molecule has 28 heavy (non-hydrogen) atoms. The second-order valence-electron chi connectivity index (χ2n) is 8.49. The van der Waals surface area contributed by atoms with Crippen LogP contribution < -0.4 is 10.6 Å². The van der Waals surface area contributed by atoms with Crippen LogP contribution in [0.2, 0.25) is 0 Å². The first-order valence-electron chi connectivity index (χ1n) is 11.0. The monoisotopic (exact) mass is 386 g/mol. The third-order valence-corrected chi connectivity index (χ3v) is 6.24. The first-order chi connectivity index (χ1) is 13.7. The van der Waals surface area contributed by atoms with Crippen LogP contribution in [0.1, 0.15) is 57.6 Å². The highest BCUT2D eigenvalue weighted by molar-refractivity contribution is 5.80. The largest absolute Gasteiger partial charge is 0.384 e. The summed E-state index contributed by atoms with van der Waals surface area (Å²) in [6.07, 6.45) is 6.19. The fourth-order valence-electron chi connectivity index (χ4n) is 4.73. The fourth-order valence-corrected chi connectivity index (χ4v) is 4.73. The lowest BCUT2D eigenvalue weighted by Crippen LogP contribution is -2.48. The van der Waals surface area contributed by atoms with Gasteiger partial charge in [-0.3, -0.25) is 4.99 Å². The van der Waals surface area contributed by atoms with Gasteiger partial charge in [0.15, 0.2) is 5.96 Å². The maximum absolute atomic E-state index is 5.36. The minimum Gasteiger partial charge on any atom is -0.384 e. The van der Waals surface area contributed by atoms with Crippen molar-refractivity contribution in [1.82, 2.24) is 15.5 Å². The van der Waals surface area contributed by atoms with E-state index in [-0.39, 0.29) is 5.54 Å². The summed E-state index contributed by atoms with van der Waals surface area (Å²) in [5.41, 5.74) is 1.47. The molecule has 0 radical (unpaired) electrons. The van der Waals surface area contributed by atoms with Gasteiger partial charge in [-0.2, -0.15) is 0 Å². The molecule has 1 heterocycles. The van der Waals surface area contributed by atoms with Crippen molar-refractivity contribution in [3.8, 4) is 0 Å². The molecule has 5 nitrogen and oxygen atoms in total. The molecule has 0 aromatic heterocycles. The van der Waals surface area contributed by atoms with Gasteiger partial charge in [0.1, 0.15) is 0 Å². The zero-order valence-electron chi connectivity index (χ0n) is 17.9. The second-order valence-corrected chi connectivity index (χ2v) is 8.49. The predicted octanol–water partition coefficient (Wildman–Crippen LogP) is 3.58. The Bertz CT molecular complexity index is 612. The minimum atomic E-state index is 0.113. The maximum atomic E-state index is 5.36. The zero-order valence-corrected chi connectivity index (χ0v) is 17.9. The SMILES string of the molecule is CCNC(=NCC1(NC(C)c2ccccc2)CCCC1)N1CCC(COC)C1. The van der Waals surface area contributed by atoms with Gasteiger partial charge < -0.3 is 20.3 Å². The van der Waals surface area contributed by atoms with E-state index in [1.54, 1.807) is 7.11 Å². The molecular weight excluding hydrogens is 348 g/mol. The Hall–Kier alpha value is -1.59. The molecule has 1 aliphatic heterocycles. The number of hydrogen-bond acceptors (Lipinski definition) is 3. The Morgan fingerprint density at radius 1 is 1.29 bits per heavy atom. The molecule has 3 rings (SSSR count). The maximum Gasteiger partial charge on any atom is 0.193 e. The molecule has 0 amide bonds. The van der Waals surface area contributed by atoms with E-state index in [1.807, 2.05) is 0 Å². The molecule has 1 saturated heterocycles. The van der Waals surface area contributed by atoms with Crippen molar-refractivity contribution < 1.29 is 4.74 Å². The molecule has 5 heteroatoms. The summed E-state index contributed by atoms with van der Waals surface area (Å²) in [6, 6.07) is 11.1. The average Bonchev–Trinajstić information content (AvgIpc) is 3.36. The summed E-state index contributed by atoms with van der Waals surface area (Å²) in [7, 11) is 1.80. The molecule has 1 aromatic rings. The summed E-state index contributed by atoms with van der Waals surface area (Å²) in [6.45, 7) is 9.14. The Morgan fingerprint density at radius 2 is 2.04 bits per heavy atom. The molecule has 2 atom stereocenters. The number of hydrogen-bond donors (Lipinski definition) is 2. The van der Waals surface area contributed by atoms with Crippen LogP contribution in [0, 0.1) is 5.92 Å². The molecule has 1 saturated carbocycles. The van der Waals surface area contributed by atoms with Gasteiger partial charge in [0.25, 0.3) is 0 Å². The van der Waals surface area contributed by atoms with Crippen molar-refractivity contribution >= 4 is 5.96 Å². The molecule has 2 unspecified atom stereocenters. The van der Waals surface area contributed by atoms with Gasteiger partial charge in [0.2, 0.25) is 0 Å². The molecule has 0 bridgehead atoms. The van der Waals surface area contributed by atoms with Gasteiger partial charge in [0.05, 0.1) is 13.2 Å². The zero-order chi connectivity index (χ0) is 19.8. The summed E-state index contributed by atoms with van der Waals surface area (Å²) in [5, 5.41) is 7.47. The standard InChI is InChI=1S/C23H38N4O/c1-4-24-22(27-15-12-20(16-27)17-28-3)25-18-23(13-8-9-14-23)26-19(2)21-10-6-5-7-11-21/h5-7,10-11,19-20,26H,4,8-9,12-18H2,1-3H3,(H,24,25). The minimum absolute atomic E-state index is 0.113. The van der Waals surface area contributed by atoms with Crippen LogP contribution in [-0.4, -0.2) is 56.3 Å². The van der Waals surface area contributed by atoms with Gasteiger partial charge in [-0.05, 0) is 38.7 Å². The molecule has 2 N–H and O–H groups in total. The third kappa shape index (κ3) is 5.48. The number of rotatable bonds is 8. The van der Waals surface area contributed by atoms with E-state index in [0.717, 1.165) is 38.7 Å². The van der Waals surface area contributed by atoms with E-state index < -0.39 is 0 Å². The molecule has 1 aliphatic carbocycles. The van der Waals surface area contributed by atoms with Crippen molar-refractivity contribution in [2.45, 2.75) is 57.5 Å². The fraction of sp³-hybridized carbons (Fsp3) is 0.696. The number of likely N-dealkylation sites (tertiary alicyclic amines) is 1. The highest BCUT2D eigenvalue weighted by atomic mass is 16.5. The first kappa shape index (κ1) is 21.1. The Balaban J connectivity index is 1.67. The Labute approximate surface area is 170 Å². The lowest BCUT2D eigenvalue weighted by atomic mass is 9.95. The van der Waals surface area contributed by atoms with Crippen LogP contribution in [-0.2, 0) is 4.74 Å². The summed E-state index contributed by atoms with van der Waals surface area (Å²) in [4.78, 5) is 7.53. The molecule has 2 aliphatic rings. The first-order valence-corrected chi connectivity index (χ1v) is 11.0. The average molecular weight is 387 g/mol. The van der Waals surface area contributed by atoms with Crippen molar-refractivity contribution in [2.75, 3.05) is 39.9 Å². The lowest BCUT2D eigenvalue weighted by Gasteiger charge is -2.33. The number of guanidine groups is 1. The predicted molar refractivity (Wildman–Crippen MR) is 117 cm³/mol. The van der Waals surface area contributed by atoms with Crippen molar-refractivity contribution in [1.29, 1.82) is 0 Å². The Morgan fingerprint density at radius 3 is 2.71 bits per heavy atom. The van der Waals surface area contributed by atoms with Crippen molar-refractivity contribution in [3.05, 3.63) is 35.9 Å². The summed E-state index contributed by atoms with van der Waals surface area (Å²) in [5.74, 6) is 1.69. The topological polar surface area (TPSA) is 48.9 Å². The number of methoxy groups -OCH3 is 1. The number of aliphatic imine (C=N–C) groups is 1. The van der Waals surface area contributed by atoms with Crippen LogP contribution in [0.5, 0.6) is 0 Å². The highest BCUT2D eigenvalue weighted by Crippen LogP contribution is 2.33. The van der Waals surface area contributed by atoms with Crippen LogP contribution in [0.25, 0.3) is 0 Å². The summed E-state index contributed by atoms with van der Waals surface area (Å²) < 4.78 is 5.36. The van der Waals surface area contributed by atoms with Crippen molar-refractivity contribution in [2.24, 2.45) is 10.9 Å². The molecule has 1 aromatic carbocycles. The number of nitrogens with zero attached hydrogens (tertiary/aromatic N) is 2. The van der Waals surface area contributed by atoms with Gasteiger partial charge in [-0.25, -0.2) is 0 Å². The third-order valence-electron chi connectivity index (χ3n) is 6.24. The van der Waals surface area contributed by atoms with Crippen LogP contribution in [0.3, 0.4) is 0 Å². The summed E-state index contributed by atoms with van der Waals surface area (Å²) >= 11 is 0. The van der Waals surface area contributed by atoms with E-state index in [4.69, 9.17) is 9.73 Å². The van der Waals surface area contributed by atoms with Crippen LogP contribution in [0.4, 0.5) is 0 Å². The molecule has 0 spiro atoms. The second kappa shape index (κ2) is 10.3. The van der Waals surface area contributed by atoms with E-state index >= 15 is 0 Å². The van der Waals surface area contributed by atoms with Crippen LogP contribution >= 0.6 is 0 Å². The Kier molecular flexibility index (Phi) is 7.74. The lowest BCUT2D eigenvalue weighted by molar-refractivity contribution is 0.157. The number of ether oxygens (including phenoxy) is 1. The van der Waals surface area contributed by atoms with E-state index in [2.05, 4.69) is 59.7 Å². The molecule has 2 fully saturated rings. The van der Waals surface area contributed by atoms with E-state index in [0.29, 0.717) is 12.0 Å². The highest BCUT2D eigenvalue weighted by Gasteiger charge is 2.35. The van der Waals surface area contributed by atoms with Gasteiger partial charge in [0, 0.05) is 44.2 Å². The number of nitrogens with one attached hydrogen (secondary N) is 2. The van der Waals surface area contributed by atoms with Crippen molar-refractivity contribution in [3.63, 3.8) is 0 Å². The number of benzene rings is 1.